The number of carbonyl (C=O) groups is 2. The topological polar surface area (TPSA) is 75.6 Å². The van der Waals surface area contributed by atoms with E-state index in [9.17, 15) is 18.4 Å². The van der Waals surface area contributed by atoms with Crippen LogP contribution in [0.5, 0.6) is 0 Å². The van der Waals surface area contributed by atoms with Crippen LogP contribution in [0.4, 0.5) is 13.6 Å². The molecule has 2 rings (SSSR count). The molecule has 24 heavy (non-hydrogen) atoms. The van der Waals surface area contributed by atoms with Crippen molar-refractivity contribution >= 4 is 12.1 Å². The van der Waals surface area contributed by atoms with Crippen LogP contribution in [0.25, 0.3) is 0 Å². The van der Waals surface area contributed by atoms with Crippen molar-refractivity contribution in [2.75, 3.05) is 0 Å². The molecule has 0 saturated heterocycles. The summed E-state index contributed by atoms with van der Waals surface area (Å²) < 4.78 is 32.6. The van der Waals surface area contributed by atoms with Gasteiger partial charge >= 0.3 is 12.1 Å². The number of nitrogens with one attached hydrogen (secondary N) is 1. The maximum atomic E-state index is 13.8. The molecule has 1 unspecified atom stereocenters. The Morgan fingerprint density at radius 1 is 1.04 bits per heavy atom. The predicted molar refractivity (Wildman–Crippen MR) is 81.1 cm³/mol. The first-order chi connectivity index (χ1) is 11.5. The number of carboxylic acids is 1. The van der Waals surface area contributed by atoms with E-state index >= 15 is 0 Å². The Hall–Kier alpha value is -2.96. The van der Waals surface area contributed by atoms with Gasteiger partial charge in [-0.3, -0.25) is 4.79 Å². The molecule has 2 N–H and O–H groups in total. The second kappa shape index (κ2) is 8.05. The van der Waals surface area contributed by atoms with Crippen LogP contribution in [0, 0.1) is 11.6 Å². The van der Waals surface area contributed by atoms with Crippen molar-refractivity contribution in [3.8, 4) is 0 Å². The molecular weight excluding hydrogens is 320 g/mol. The summed E-state index contributed by atoms with van der Waals surface area (Å²) in [6.07, 6.45) is -1.65. The number of ether oxygens (including phenoxy) is 1. The quantitative estimate of drug-likeness (QED) is 0.848. The summed E-state index contributed by atoms with van der Waals surface area (Å²) >= 11 is 0. The highest BCUT2D eigenvalue weighted by Crippen LogP contribution is 2.23. The van der Waals surface area contributed by atoms with E-state index in [1.807, 2.05) is 0 Å². The highest BCUT2D eigenvalue weighted by Gasteiger charge is 2.25. The van der Waals surface area contributed by atoms with Crippen molar-refractivity contribution in [2.24, 2.45) is 0 Å². The van der Waals surface area contributed by atoms with Crippen molar-refractivity contribution in [3.63, 3.8) is 0 Å². The third-order valence-corrected chi connectivity index (χ3v) is 3.23. The minimum atomic E-state index is -1.38. The Morgan fingerprint density at radius 3 is 2.25 bits per heavy atom. The second-order valence-corrected chi connectivity index (χ2v) is 4.99. The first-order valence-electron chi connectivity index (χ1n) is 7.10. The SMILES string of the molecule is O=C(O)CC(NC(=O)OCc1ccccc1)c1c(F)cccc1F. The molecule has 0 fully saturated rings. The van der Waals surface area contributed by atoms with Gasteiger partial charge in [-0.2, -0.15) is 0 Å². The van der Waals surface area contributed by atoms with Crippen LogP contribution in [-0.2, 0) is 16.1 Å². The van der Waals surface area contributed by atoms with Gasteiger partial charge in [-0.1, -0.05) is 36.4 Å². The van der Waals surface area contributed by atoms with Crippen molar-refractivity contribution in [2.45, 2.75) is 19.1 Å². The molecule has 0 aliphatic rings. The zero-order valence-corrected chi connectivity index (χ0v) is 12.5. The molecule has 1 atom stereocenters. The number of amides is 1. The molecule has 0 heterocycles. The molecule has 5 nitrogen and oxygen atoms in total. The van der Waals surface area contributed by atoms with Gasteiger partial charge in [0.15, 0.2) is 0 Å². The summed E-state index contributed by atoms with van der Waals surface area (Å²) in [5.41, 5.74) is 0.205. The molecule has 0 saturated carbocycles. The monoisotopic (exact) mass is 335 g/mol. The van der Waals surface area contributed by atoms with Gasteiger partial charge in [0, 0.05) is 5.56 Å². The zero-order valence-electron chi connectivity index (χ0n) is 12.5. The minimum Gasteiger partial charge on any atom is -0.481 e. The Kier molecular flexibility index (Phi) is 5.83. The van der Waals surface area contributed by atoms with Crippen molar-refractivity contribution in [1.29, 1.82) is 0 Å². The molecule has 126 valence electrons. The maximum absolute atomic E-state index is 13.8. The van der Waals surface area contributed by atoms with E-state index in [2.05, 4.69) is 5.32 Å². The fourth-order valence-corrected chi connectivity index (χ4v) is 2.15. The third-order valence-electron chi connectivity index (χ3n) is 3.23. The van der Waals surface area contributed by atoms with E-state index in [0.717, 1.165) is 23.8 Å². The lowest BCUT2D eigenvalue weighted by Crippen LogP contribution is -2.32. The molecule has 1 amide bonds. The fraction of sp³-hybridized carbons (Fsp3) is 0.176. The van der Waals surface area contributed by atoms with E-state index < -0.39 is 41.7 Å². The van der Waals surface area contributed by atoms with Gasteiger partial charge in [0.25, 0.3) is 0 Å². The van der Waals surface area contributed by atoms with Crippen molar-refractivity contribution < 1.29 is 28.2 Å². The number of alkyl carbamates (subject to hydrolysis) is 1. The lowest BCUT2D eigenvalue weighted by atomic mass is 10.0. The minimum absolute atomic E-state index is 0.0494. The Bertz CT molecular complexity index is 702. The smallest absolute Gasteiger partial charge is 0.407 e. The fourth-order valence-electron chi connectivity index (χ4n) is 2.15. The number of aliphatic carboxylic acids is 1. The lowest BCUT2D eigenvalue weighted by Gasteiger charge is -2.18. The van der Waals surface area contributed by atoms with Gasteiger partial charge in [0.2, 0.25) is 0 Å². The van der Waals surface area contributed by atoms with Gasteiger partial charge in [-0.15, -0.1) is 0 Å². The van der Waals surface area contributed by atoms with Crippen molar-refractivity contribution in [3.05, 3.63) is 71.3 Å². The lowest BCUT2D eigenvalue weighted by molar-refractivity contribution is -0.137. The van der Waals surface area contributed by atoms with Crippen LogP contribution in [0.1, 0.15) is 23.6 Å². The molecule has 0 aliphatic heterocycles. The summed E-state index contributed by atoms with van der Waals surface area (Å²) in [6, 6.07) is 10.5. The van der Waals surface area contributed by atoms with Crippen LogP contribution in [0.3, 0.4) is 0 Å². The third kappa shape index (κ3) is 4.77. The van der Waals surface area contributed by atoms with Crippen molar-refractivity contribution in [1.82, 2.24) is 5.32 Å². The van der Waals surface area contributed by atoms with Gasteiger partial charge in [-0.05, 0) is 17.7 Å². The Labute approximate surface area is 136 Å². The molecule has 0 aromatic heterocycles. The molecule has 0 bridgehead atoms. The summed E-state index contributed by atoms with van der Waals surface area (Å²) in [6.45, 7) is -0.0494. The number of rotatable bonds is 6. The van der Waals surface area contributed by atoms with Crippen LogP contribution < -0.4 is 5.32 Å². The first kappa shape index (κ1) is 17.4. The van der Waals surface area contributed by atoms with E-state index in [4.69, 9.17) is 9.84 Å². The summed E-state index contributed by atoms with van der Waals surface area (Å²) in [7, 11) is 0. The number of carbonyl (C=O) groups excluding carboxylic acids is 1. The van der Waals surface area contributed by atoms with E-state index in [-0.39, 0.29) is 6.61 Å². The van der Waals surface area contributed by atoms with E-state index in [0.29, 0.717) is 0 Å². The average Bonchev–Trinajstić information content (AvgIpc) is 2.53. The van der Waals surface area contributed by atoms with Gasteiger partial charge in [-0.25, -0.2) is 13.6 Å². The highest BCUT2D eigenvalue weighted by molar-refractivity contribution is 5.72. The number of hydrogen-bond acceptors (Lipinski definition) is 3. The average molecular weight is 335 g/mol. The maximum Gasteiger partial charge on any atom is 0.407 e. The zero-order chi connectivity index (χ0) is 17.5. The normalized spacial score (nSPS) is 11.6. The molecule has 7 heteroatoms. The molecule has 0 radical (unpaired) electrons. The molecule has 0 aliphatic carbocycles. The molecular formula is C17H15F2NO4. The van der Waals surface area contributed by atoms with Crippen LogP contribution in [0.15, 0.2) is 48.5 Å². The summed E-state index contributed by atoms with van der Waals surface area (Å²) in [5, 5.41) is 11.1. The molecule has 2 aromatic carbocycles. The second-order valence-electron chi connectivity index (χ2n) is 4.99. The van der Waals surface area contributed by atoms with Crippen LogP contribution in [0.2, 0.25) is 0 Å². The van der Waals surface area contributed by atoms with Gasteiger partial charge < -0.3 is 15.2 Å². The molecule has 2 aromatic rings. The largest absolute Gasteiger partial charge is 0.481 e. The van der Waals surface area contributed by atoms with E-state index in [1.54, 1.807) is 30.3 Å². The van der Waals surface area contributed by atoms with E-state index in [1.165, 1.54) is 0 Å². The van der Waals surface area contributed by atoms with Gasteiger partial charge in [0.05, 0.1) is 12.5 Å². The first-order valence-corrected chi connectivity index (χ1v) is 7.10. The predicted octanol–water partition coefficient (Wildman–Crippen LogP) is 3.41. The highest BCUT2D eigenvalue weighted by atomic mass is 19.1. The number of halogens is 2. The Balaban J connectivity index is 2.08. The summed E-state index contributed by atoms with van der Waals surface area (Å²) in [4.78, 5) is 22.8. The van der Waals surface area contributed by atoms with Crippen LogP contribution >= 0.6 is 0 Å². The number of benzene rings is 2. The Morgan fingerprint density at radius 2 is 1.67 bits per heavy atom. The standard InChI is InChI=1S/C17H15F2NO4/c18-12-7-4-8-13(19)16(12)14(9-15(21)22)20-17(23)24-10-11-5-2-1-3-6-11/h1-8,14H,9-10H2,(H,20,23)(H,21,22). The molecule has 0 spiro atoms. The van der Waals surface area contributed by atoms with Crippen LogP contribution in [-0.4, -0.2) is 17.2 Å². The summed E-state index contributed by atoms with van der Waals surface area (Å²) in [5.74, 6) is -3.19. The number of hydrogen-bond donors (Lipinski definition) is 2. The van der Waals surface area contributed by atoms with Gasteiger partial charge in [0.1, 0.15) is 18.2 Å². The number of carboxylic acid groups (broad SMARTS) is 1.